The van der Waals surface area contributed by atoms with E-state index in [1.54, 1.807) is 18.3 Å². The summed E-state index contributed by atoms with van der Waals surface area (Å²) in [4.78, 5) is 29.9. The third-order valence-electron chi connectivity index (χ3n) is 4.03. The van der Waals surface area contributed by atoms with Crippen molar-refractivity contribution >= 4 is 23.6 Å². The fourth-order valence-electron chi connectivity index (χ4n) is 2.76. The highest BCUT2D eigenvalue weighted by molar-refractivity contribution is 7.98. The van der Waals surface area contributed by atoms with Crippen LogP contribution in [0.4, 0.5) is 0 Å². The van der Waals surface area contributed by atoms with Gasteiger partial charge >= 0.3 is 5.97 Å². The standard InChI is InChI=1S/C15H20N2O3S/c1-3-10-6-8-17(12(9-10)15(19)20)14(18)11-5-4-7-16-13(11)21-2/h4-5,7,10,12H,3,6,8-9H2,1-2H3,(H,19,20). The molecule has 0 radical (unpaired) electrons. The maximum absolute atomic E-state index is 12.7. The number of thioether (sulfide) groups is 1. The Balaban J connectivity index is 2.26. The van der Waals surface area contributed by atoms with Gasteiger partial charge in [0.1, 0.15) is 11.1 Å². The van der Waals surface area contributed by atoms with Gasteiger partial charge in [-0.3, -0.25) is 4.79 Å². The van der Waals surface area contributed by atoms with Gasteiger partial charge in [0.15, 0.2) is 0 Å². The average molecular weight is 308 g/mol. The minimum Gasteiger partial charge on any atom is -0.480 e. The van der Waals surface area contributed by atoms with Crippen LogP contribution in [0.2, 0.25) is 0 Å². The molecule has 2 heterocycles. The number of nitrogens with zero attached hydrogens (tertiary/aromatic N) is 2. The van der Waals surface area contributed by atoms with Gasteiger partial charge in [-0.2, -0.15) is 0 Å². The second-order valence-electron chi connectivity index (χ2n) is 5.21. The molecule has 2 atom stereocenters. The van der Waals surface area contributed by atoms with E-state index in [9.17, 15) is 14.7 Å². The van der Waals surface area contributed by atoms with Gasteiger partial charge in [0.25, 0.3) is 5.91 Å². The molecule has 0 bridgehead atoms. The minimum atomic E-state index is -0.920. The van der Waals surface area contributed by atoms with Crippen molar-refractivity contribution in [2.75, 3.05) is 12.8 Å². The molecule has 0 aromatic carbocycles. The van der Waals surface area contributed by atoms with Crippen LogP contribution < -0.4 is 0 Å². The first-order chi connectivity index (χ1) is 10.1. The van der Waals surface area contributed by atoms with Crippen molar-refractivity contribution in [3.05, 3.63) is 23.9 Å². The Kier molecular flexibility index (Phi) is 5.22. The quantitative estimate of drug-likeness (QED) is 0.865. The molecule has 1 saturated heterocycles. The van der Waals surface area contributed by atoms with Gasteiger partial charge in [0, 0.05) is 12.7 Å². The molecule has 5 nitrogen and oxygen atoms in total. The first kappa shape index (κ1) is 15.8. The van der Waals surface area contributed by atoms with Crippen molar-refractivity contribution in [2.45, 2.75) is 37.3 Å². The predicted octanol–water partition coefficient (Wildman–Crippen LogP) is 2.52. The van der Waals surface area contributed by atoms with Crippen LogP contribution in [0.3, 0.4) is 0 Å². The lowest BCUT2D eigenvalue weighted by molar-refractivity contribution is -0.144. The van der Waals surface area contributed by atoms with Crippen molar-refractivity contribution in [3.8, 4) is 0 Å². The first-order valence-corrected chi connectivity index (χ1v) is 8.33. The van der Waals surface area contributed by atoms with Gasteiger partial charge in [0.05, 0.1) is 5.56 Å². The molecule has 1 fully saturated rings. The van der Waals surface area contributed by atoms with Crippen LogP contribution in [0.15, 0.2) is 23.4 Å². The van der Waals surface area contributed by atoms with Crippen molar-refractivity contribution in [1.29, 1.82) is 0 Å². The molecule has 1 aromatic heterocycles. The Morgan fingerprint density at radius 1 is 1.52 bits per heavy atom. The van der Waals surface area contributed by atoms with Crippen molar-refractivity contribution in [2.24, 2.45) is 5.92 Å². The highest BCUT2D eigenvalue weighted by Crippen LogP contribution is 2.28. The van der Waals surface area contributed by atoms with Crippen molar-refractivity contribution < 1.29 is 14.7 Å². The topological polar surface area (TPSA) is 70.5 Å². The Morgan fingerprint density at radius 2 is 2.29 bits per heavy atom. The fourth-order valence-corrected chi connectivity index (χ4v) is 3.30. The first-order valence-electron chi connectivity index (χ1n) is 7.11. The van der Waals surface area contributed by atoms with E-state index in [0.717, 1.165) is 12.8 Å². The molecular formula is C15H20N2O3S. The number of piperidine rings is 1. The number of carbonyl (C=O) groups excluding carboxylic acids is 1. The van der Waals surface area contributed by atoms with Crippen LogP contribution in [-0.2, 0) is 4.79 Å². The van der Waals surface area contributed by atoms with E-state index >= 15 is 0 Å². The van der Waals surface area contributed by atoms with Crippen LogP contribution in [0.25, 0.3) is 0 Å². The number of carboxylic acids is 1. The summed E-state index contributed by atoms with van der Waals surface area (Å²) >= 11 is 1.40. The van der Waals surface area contributed by atoms with E-state index in [-0.39, 0.29) is 5.91 Å². The Bertz CT molecular complexity index is 535. The molecule has 2 rings (SSSR count). The van der Waals surface area contributed by atoms with Gasteiger partial charge in [-0.25, -0.2) is 9.78 Å². The number of carboxylic acid groups (broad SMARTS) is 1. The lowest BCUT2D eigenvalue weighted by Gasteiger charge is -2.37. The van der Waals surface area contributed by atoms with Crippen molar-refractivity contribution in [1.82, 2.24) is 9.88 Å². The number of pyridine rings is 1. The number of hydrogen-bond acceptors (Lipinski definition) is 4. The molecule has 1 aliphatic heterocycles. The number of rotatable bonds is 4. The summed E-state index contributed by atoms with van der Waals surface area (Å²) in [6, 6.07) is 2.69. The van der Waals surface area contributed by atoms with E-state index in [1.165, 1.54) is 16.7 Å². The number of hydrogen-bond donors (Lipinski definition) is 1. The molecule has 114 valence electrons. The number of amides is 1. The largest absolute Gasteiger partial charge is 0.480 e. The molecule has 0 aliphatic carbocycles. The third kappa shape index (κ3) is 3.37. The molecule has 6 heteroatoms. The Morgan fingerprint density at radius 3 is 2.90 bits per heavy atom. The van der Waals surface area contributed by atoms with Gasteiger partial charge < -0.3 is 10.0 Å². The Hall–Kier alpha value is -1.56. The SMILES string of the molecule is CCC1CCN(C(=O)c2cccnc2SC)C(C(=O)O)C1. The Labute approximate surface area is 128 Å². The summed E-state index contributed by atoms with van der Waals surface area (Å²) < 4.78 is 0. The van der Waals surface area contributed by atoms with Crippen LogP contribution in [0.1, 0.15) is 36.5 Å². The average Bonchev–Trinajstić information content (AvgIpc) is 2.53. The van der Waals surface area contributed by atoms with Crippen molar-refractivity contribution in [3.63, 3.8) is 0 Å². The summed E-state index contributed by atoms with van der Waals surface area (Å²) in [5.41, 5.74) is 0.492. The van der Waals surface area contributed by atoms with E-state index < -0.39 is 12.0 Å². The molecular weight excluding hydrogens is 288 g/mol. The molecule has 1 aliphatic rings. The maximum atomic E-state index is 12.7. The van der Waals surface area contributed by atoms with Crippen LogP contribution in [0.5, 0.6) is 0 Å². The van der Waals surface area contributed by atoms with E-state index in [2.05, 4.69) is 11.9 Å². The molecule has 1 aromatic rings. The van der Waals surface area contributed by atoms with Gasteiger partial charge in [-0.05, 0) is 37.1 Å². The third-order valence-corrected chi connectivity index (χ3v) is 4.74. The summed E-state index contributed by atoms with van der Waals surface area (Å²) in [7, 11) is 0. The minimum absolute atomic E-state index is 0.227. The lowest BCUT2D eigenvalue weighted by Crippen LogP contribution is -2.50. The molecule has 0 saturated carbocycles. The van der Waals surface area contributed by atoms with Crippen LogP contribution >= 0.6 is 11.8 Å². The van der Waals surface area contributed by atoms with Gasteiger partial charge in [0.2, 0.25) is 0 Å². The lowest BCUT2D eigenvalue weighted by atomic mass is 9.88. The van der Waals surface area contributed by atoms with Crippen LogP contribution in [-0.4, -0.2) is 45.7 Å². The monoisotopic (exact) mass is 308 g/mol. The normalized spacial score (nSPS) is 22.1. The number of aromatic nitrogens is 1. The number of aliphatic carboxylic acids is 1. The van der Waals surface area contributed by atoms with Crippen LogP contribution in [0, 0.1) is 5.92 Å². The zero-order valence-electron chi connectivity index (χ0n) is 12.3. The second kappa shape index (κ2) is 6.93. The second-order valence-corrected chi connectivity index (χ2v) is 6.01. The number of carbonyl (C=O) groups is 2. The summed E-state index contributed by atoms with van der Waals surface area (Å²) in [5, 5.41) is 10.1. The fraction of sp³-hybridized carbons (Fsp3) is 0.533. The predicted molar refractivity (Wildman–Crippen MR) is 81.5 cm³/mol. The summed E-state index contributed by atoms with van der Waals surface area (Å²) in [5.74, 6) is -0.769. The number of likely N-dealkylation sites (tertiary alicyclic amines) is 1. The smallest absolute Gasteiger partial charge is 0.326 e. The van der Waals surface area contributed by atoms with Gasteiger partial charge in [-0.1, -0.05) is 13.3 Å². The highest BCUT2D eigenvalue weighted by Gasteiger charge is 2.36. The molecule has 1 amide bonds. The zero-order chi connectivity index (χ0) is 15.4. The molecule has 21 heavy (non-hydrogen) atoms. The molecule has 0 spiro atoms. The maximum Gasteiger partial charge on any atom is 0.326 e. The molecule has 1 N–H and O–H groups in total. The summed E-state index contributed by atoms with van der Waals surface area (Å²) in [6.07, 6.45) is 5.85. The van der Waals surface area contributed by atoms with Gasteiger partial charge in [-0.15, -0.1) is 11.8 Å². The highest BCUT2D eigenvalue weighted by atomic mass is 32.2. The molecule has 2 unspecified atom stereocenters. The van der Waals surface area contributed by atoms with E-state index in [4.69, 9.17) is 0 Å². The zero-order valence-corrected chi connectivity index (χ0v) is 13.1. The van der Waals surface area contributed by atoms with E-state index in [1.807, 2.05) is 6.26 Å². The summed E-state index contributed by atoms with van der Waals surface area (Å²) in [6.45, 7) is 2.56. The van der Waals surface area contributed by atoms with E-state index in [0.29, 0.717) is 29.5 Å².